The summed E-state index contributed by atoms with van der Waals surface area (Å²) in [5.74, 6) is -0.517. The molecule has 1 aliphatic rings. The SMILES string of the molecule is Oc1cc(F)cc(CNc2cccc3c2N=[Se]=N3)c1. The van der Waals surface area contributed by atoms with E-state index in [2.05, 4.69) is 13.2 Å². The maximum absolute atomic E-state index is 13.2. The Morgan fingerprint density at radius 1 is 1.21 bits per heavy atom. The molecule has 0 amide bonds. The quantitative estimate of drug-likeness (QED) is 0.725. The molecule has 2 aromatic rings. The van der Waals surface area contributed by atoms with Crippen molar-refractivity contribution in [3.63, 3.8) is 0 Å². The van der Waals surface area contributed by atoms with E-state index in [1.54, 1.807) is 0 Å². The van der Waals surface area contributed by atoms with E-state index in [0.717, 1.165) is 23.1 Å². The molecule has 3 rings (SSSR count). The first-order valence-electron chi connectivity index (χ1n) is 5.66. The molecule has 0 saturated carbocycles. The third kappa shape index (κ3) is 2.59. The number of halogens is 1. The summed E-state index contributed by atoms with van der Waals surface area (Å²) in [5.41, 5.74) is 3.31. The van der Waals surface area contributed by atoms with Crippen LogP contribution in [-0.4, -0.2) is 19.7 Å². The number of hydrogen-bond donors (Lipinski definition) is 2. The fourth-order valence-corrected chi connectivity index (χ4v) is 3.03. The van der Waals surface area contributed by atoms with Crippen molar-refractivity contribution >= 4 is 31.6 Å². The zero-order valence-electron chi connectivity index (χ0n) is 9.80. The van der Waals surface area contributed by atoms with E-state index in [0.29, 0.717) is 12.1 Å². The molecule has 1 heterocycles. The average molecular weight is 322 g/mol. The predicted octanol–water partition coefficient (Wildman–Crippen LogP) is 3.49. The Kier molecular flexibility index (Phi) is 3.19. The molecule has 6 heteroatoms. The zero-order chi connectivity index (χ0) is 13.2. The van der Waals surface area contributed by atoms with Crippen molar-refractivity contribution in [2.75, 3.05) is 5.32 Å². The number of nitrogens with one attached hydrogen (secondary N) is 1. The minimum absolute atomic E-state index is 0.0712. The summed E-state index contributed by atoms with van der Waals surface area (Å²) >= 11 is -0.0722. The molecule has 4 nitrogen and oxygen atoms in total. The fraction of sp³-hybridized carbons (Fsp3) is 0.0769. The second-order valence-corrected chi connectivity index (χ2v) is 5.22. The van der Waals surface area contributed by atoms with Gasteiger partial charge in [0.05, 0.1) is 0 Å². The van der Waals surface area contributed by atoms with Crippen LogP contribution in [-0.2, 0) is 6.54 Å². The summed E-state index contributed by atoms with van der Waals surface area (Å²) in [7, 11) is 0. The van der Waals surface area contributed by atoms with Crippen molar-refractivity contribution in [3.05, 3.63) is 47.8 Å². The fourth-order valence-electron chi connectivity index (χ4n) is 1.88. The van der Waals surface area contributed by atoms with E-state index in [1.165, 1.54) is 12.1 Å². The number of hydrogen-bond acceptors (Lipinski definition) is 4. The summed E-state index contributed by atoms with van der Waals surface area (Å²) in [6.07, 6.45) is 0. The molecule has 0 aliphatic carbocycles. The second kappa shape index (κ2) is 4.99. The van der Waals surface area contributed by atoms with Crippen LogP contribution in [0.15, 0.2) is 44.3 Å². The number of benzene rings is 2. The zero-order valence-corrected chi connectivity index (χ0v) is 11.5. The van der Waals surface area contributed by atoms with E-state index in [1.807, 2.05) is 18.2 Å². The predicted molar refractivity (Wildman–Crippen MR) is 71.8 cm³/mol. The maximum atomic E-state index is 13.2. The molecular formula is C13H10FN3OSe. The summed E-state index contributed by atoms with van der Waals surface area (Å²) in [4.78, 5) is 0. The molecule has 0 atom stereocenters. The summed E-state index contributed by atoms with van der Waals surface area (Å²) in [5, 5.41) is 12.5. The van der Waals surface area contributed by atoms with Gasteiger partial charge in [-0.2, -0.15) is 0 Å². The number of phenolic OH excluding ortho intramolecular Hbond substituents is 1. The Hall–Kier alpha value is -1.91. The normalized spacial score (nSPS) is 12.1. The minimum atomic E-state index is -0.446. The summed E-state index contributed by atoms with van der Waals surface area (Å²) < 4.78 is 21.8. The molecule has 1 aliphatic heterocycles. The number of rotatable bonds is 3. The molecule has 19 heavy (non-hydrogen) atoms. The molecule has 2 N–H and O–H groups in total. The standard InChI is InChI=1S/C13H10FN3OSe/c14-9-4-8(5-10(18)6-9)7-15-11-2-1-3-12-13(11)17-19-16-12/h1-6,15,18H,7H2. The Morgan fingerprint density at radius 2 is 2.11 bits per heavy atom. The van der Waals surface area contributed by atoms with Crippen LogP contribution in [0.4, 0.5) is 21.5 Å². The van der Waals surface area contributed by atoms with Crippen LogP contribution in [0.3, 0.4) is 0 Å². The average Bonchev–Trinajstić information content (AvgIpc) is 2.83. The Bertz CT molecular complexity index is 691. The van der Waals surface area contributed by atoms with Crippen LogP contribution < -0.4 is 5.32 Å². The molecule has 0 bridgehead atoms. The van der Waals surface area contributed by atoms with Crippen LogP contribution in [0.2, 0.25) is 0 Å². The molecule has 2 aromatic carbocycles. The van der Waals surface area contributed by atoms with Crippen LogP contribution in [0.25, 0.3) is 0 Å². The molecule has 0 fully saturated rings. The van der Waals surface area contributed by atoms with Gasteiger partial charge < -0.3 is 0 Å². The van der Waals surface area contributed by atoms with Gasteiger partial charge in [0.25, 0.3) is 0 Å². The van der Waals surface area contributed by atoms with Crippen LogP contribution in [0.1, 0.15) is 5.56 Å². The van der Waals surface area contributed by atoms with Crippen molar-refractivity contribution in [2.24, 2.45) is 7.92 Å². The first kappa shape index (κ1) is 12.1. The van der Waals surface area contributed by atoms with Gasteiger partial charge in [0.15, 0.2) is 0 Å². The number of aromatic hydroxyl groups is 1. The van der Waals surface area contributed by atoms with Gasteiger partial charge in [0, 0.05) is 0 Å². The number of phenols is 1. The number of anilines is 1. The van der Waals surface area contributed by atoms with E-state index in [-0.39, 0.29) is 20.3 Å². The van der Waals surface area contributed by atoms with Gasteiger partial charge in [-0.15, -0.1) is 0 Å². The first-order chi connectivity index (χ1) is 9.22. The Labute approximate surface area is 115 Å². The topological polar surface area (TPSA) is 57.0 Å². The van der Waals surface area contributed by atoms with Gasteiger partial charge in [-0.25, -0.2) is 0 Å². The van der Waals surface area contributed by atoms with E-state index < -0.39 is 5.82 Å². The van der Waals surface area contributed by atoms with Gasteiger partial charge in [0.1, 0.15) is 0 Å². The Balaban J connectivity index is 1.80. The van der Waals surface area contributed by atoms with Crippen molar-refractivity contribution in [1.29, 1.82) is 0 Å². The van der Waals surface area contributed by atoms with Crippen molar-refractivity contribution in [1.82, 2.24) is 0 Å². The van der Waals surface area contributed by atoms with E-state index >= 15 is 0 Å². The molecule has 0 aromatic heterocycles. The van der Waals surface area contributed by atoms with Gasteiger partial charge in [-0.3, -0.25) is 0 Å². The molecule has 0 radical (unpaired) electrons. The van der Waals surface area contributed by atoms with Gasteiger partial charge in [-0.05, 0) is 0 Å². The van der Waals surface area contributed by atoms with E-state index in [4.69, 9.17) is 0 Å². The molecular weight excluding hydrogens is 312 g/mol. The molecule has 0 saturated heterocycles. The van der Waals surface area contributed by atoms with Crippen molar-refractivity contribution in [3.8, 4) is 5.75 Å². The summed E-state index contributed by atoms with van der Waals surface area (Å²) in [6, 6.07) is 9.75. The van der Waals surface area contributed by atoms with Gasteiger partial charge >= 0.3 is 114 Å². The summed E-state index contributed by atoms with van der Waals surface area (Å²) in [6.45, 7) is 0.421. The van der Waals surface area contributed by atoms with Gasteiger partial charge in [-0.1, -0.05) is 0 Å². The molecule has 96 valence electrons. The number of nitrogens with zero attached hydrogens (tertiary/aromatic N) is 2. The van der Waals surface area contributed by atoms with Crippen molar-refractivity contribution < 1.29 is 9.50 Å². The van der Waals surface area contributed by atoms with E-state index in [9.17, 15) is 9.50 Å². The first-order valence-corrected chi connectivity index (χ1v) is 7.19. The van der Waals surface area contributed by atoms with Crippen LogP contribution in [0.5, 0.6) is 5.75 Å². The van der Waals surface area contributed by atoms with Crippen LogP contribution >= 0.6 is 0 Å². The van der Waals surface area contributed by atoms with Crippen molar-refractivity contribution in [2.45, 2.75) is 6.54 Å². The third-order valence-corrected chi connectivity index (χ3v) is 3.85. The third-order valence-electron chi connectivity index (χ3n) is 2.71. The second-order valence-electron chi connectivity index (χ2n) is 4.11. The monoisotopic (exact) mass is 323 g/mol. The molecule has 0 spiro atoms. The number of fused-ring (bicyclic) bond motifs is 1. The van der Waals surface area contributed by atoms with Crippen LogP contribution in [0, 0.1) is 5.82 Å². The molecule has 0 unspecified atom stereocenters. The Morgan fingerprint density at radius 3 is 2.95 bits per heavy atom. The van der Waals surface area contributed by atoms with Gasteiger partial charge in [0.2, 0.25) is 0 Å².